The molecule has 2 aromatic rings. The van der Waals surface area contributed by atoms with Gasteiger partial charge >= 0.3 is 0 Å². The fourth-order valence-electron chi connectivity index (χ4n) is 1.34. The minimum Gasteiger partial charge on any atom is -0.444 e. The molecule has 0 fully saturated rings. The van der Waals surface area contributed by atoms with Gasteiger partial charge in [0.25, 0.3) is 5.91 Å². The van der Waals surface area contributed by atoms with Crippen LogP contribution in [0.25, 0.3) is 0 Å². The number of halogens is 1. The van der Waals surface area contributed by atoms with Gasteiger partial charge < -0.3 is 9.73 Å². The average Bonchev–Trinajstić information content (AvgIpc) is 2.73. The summed E-state index contributed by atoms with van der Waals surface area (Å²) in [6.07, 6.45) is 1.63. The molecular weight excluding hydrogens is 284 g/mol. The monoisotopic (exact) mass is 294 g/mol. The molecule has 0 spiro atoms. The Morgan fingerprint density at radius 2 is 2.12 bits per heavy atom. The van der Waals surface area contributed by atoms with Crippen molar-refractivity contribution in [3.8, 4) is 0 Å². The Balaban J connectivity index is 1.95. The summed E-state index contributed by atoms with van der Waals surface area (Å²) in [5.41, 5.74) is 0.608. The maximum Gasteiger partial charge on any atom is 0.251 e. The topological polar surface area (TPSA) is 55.1 Å². The van der Waals surface area contributed by atoms with E-state index >= 15 is 0 Å². The van der Waals surface area contributed by atoms with Crippen molar-refractivity contribution in [3.05, 3.63) is 52.1 Å². The molecule has 88 valence electrons. The van der Waals surface area contributed by atoms with Crippen molar-refractivity contribution in [1.82, 2.24) is 10.3 Å². The zero-order chi connectivity index (χ0) is 12.3. The highest BCUT2D eigenvalue weighted by atomic mass is 79.9. The number of amides is 1. The Kier molecular flexibility index (Phi) is 3.58. The van der Waals surface area contributed by atoms with Crippen LogP contribution in [0.4, 0.5) is 0 Å². The predicted molar refractivity (Wildman–Crippen MR) is 66.6 cm³/mol. The summed E-state index contributed by atoms with van der Waals surface area (Å²) in [4.78, 5) is 15.7. The van der Waals surface area contributed by atoms with Crippen molar-refractivity contribution < 1.29 is 9.21 Å². The Morgan fingerprint density at radius 1 is 1.41 bits per heavy atom. The second-order valence-corrected chi connectivity index (χ2v) is 4.47. The molecular formula is C12H11BrN2O2. The molecule has 0 aliphatic carbocycles. The fourth-order valence-corrected chi connectivity index (χ4v) is 1.61. The third kappa shape index (κ3) is 3.17. The lowest BCUT2D eigenvalue weighted by atomic mass is 10.2. The molecule has 4 nitrogen and oxygen atoms in total. The highest BCUT2D eigenvalue weighted by molar-refractivity contribution is 9.10. The first-order valence-corrected chi connectivity index (χ1v) is 5.89. The third-order valence-corrected chi connectivity index (χ3v) is 2.70. The predicted octanol–water partition coefficient (Wildman–Crippen LogP) is 2.68. The van der Waals surface area contributed by atoms with Gasteiger partial charge in [-0.3, -0.25) is 4.79 Å². The van der Waals surface area contributed by atoms with Crippen LogP contribution in [0.1, 0.15) is 22.0 Å². The van der Waals surface area contributed by atoms with Crippen LogP contribution >= 0.6 is 15.9 Å². The minimum atomic E-state index is -0.145. The van der Waals surface area contributed by atoms with Crippen molar-refractivity contribution >= 4 is 21.8 Å². The summed E-state index contributed by atoms with van der Waals surface area (Å²) < 4.78 is 6.20. The molecule has 0 aliphatic heterocycles. The van der Waals surface area contributed by atoms with Crippen molar-refractivity contribution in [2.45, 2.75) is 13.5 Å². The highest BCUT2D eigenvalue weighted by Gasteiger charge is 2.06. The largest absolute Gasteiger partial charge is 0.444 e. The quantitative estimate of drug-likeness (QED) is 0.947. The Bertz CT molecular complexity index is 520. The Labute approximate surface area is 107 Å². The lowest BCUT2D eigenvalue weighted by molar-refractivity contribution is 0.0947. The molecule has 0 aliphatic rings. The van der Waals surface area contributed by atoms with Gasteiger partial charge in [0.2, 0.25) is 5.89 Å². The summed E-state index contributed by atoms with van der Waals surface area (Å²) in [7, 11) is 0. The number of hydrogen-bond donors (Lipinski definition) is 1. The van der Waals surface area contributed by atoms with E-state index in [9.17, 15) is 4.79 Å². The maximum atomic E-state index is 11.7. The third-order valence-electron chi connectivity index (χ3n) is 2.18. The normalized spacial score (nSPS) is 10.2. The molecule has 1 heterocycles. The number of carbonyl (C=O) groups is 1. The van der Waals surface area contributed by atoms with E-state index in [0.29, 0.717) is 18.0 Å². The highest BCUT2D eigenvalue weighted by Crippen LogP contribution is 2.10. The van der Waals surface area contributed by atoms with Crippen LogP contribution in [0, 0.1) is 6.92 Å². The molecule has 17 heavy (non-hydrogen) atoms. The van der Waals surface area contributed by atoms with Crippen LogP contribution in [0.3, 0.4) is 0 Å². The molecule has 0 bridgehead atoms. The summed E-state index contributed by atoms with van der Waals surface area (Å²) in [6, 6.07) is 7.15. The van der Waals surface area contributed by atoms with E-state index in [2.05, 4.69) is 26.2 Å². The van der Waals surface area contributed by atoms with Crippen molar-refractivity contribution in [1.29, 1.82) is 0 Å². The number of aryl methyl sites for hydroxylation is 1. The number of rotatable bonds is 3. The van der Waals surface area contributed by atoms with Crippen LogP contribution in [0.5, 0.6) is 0 Å². The molecule has 1 aromatic carbocycles. The Morgan fingerprint density at radius 3 is 2.71 bits per heavy atom. The van der Waals surface area contributed by atoms with Gasteiger partial charge in [-0.1, -0.05) is 15.9 Å². The van der Waals surface area contributed by atoms with Gasteiger partial charge in [-0.15, -0.1) is 0 Å². The first kappa shape index (κ1) is 11.9. The van der Waals surface area contributed by atoms with Gasteiger partial charge in [0.05, 0.1) is 12.7 Å². The number of hydrogen-bond acceptors (Lipinski definition) is 3. The molecule has 5 heteroatoms. The van der Waals surface area contributed by atoms with Gasteiger partial charge in [-0.05, 0) is 31.2 Å². The summed E-state index contributed by atoms with van der Waals surface area (Å²) in [6.45, 7) is 2.11. The number of carbonyl (C=O) groups excluding carboxylic acids is 1. The van der Waals surface area contributed by atoms with Gasteiger partial charge in [0.15, 0.2) is 0 Å². The van der Waals surface area contributed by atoms with Gasteiger partial charge in [-0.2, -0.15) is 0 Å². The zero-order valence-electron chi connectivity index (χ0n) is 9.24. The SMILES string of the molecule is Cc1cnc(CNC(=O)c2ccc(Br)cc2)o1. The lowest BCUT2D eigenvalue weighted by Gasteiger charge is -2.02. The van der Waals surface area contributed by atoms with E-state index in [1.54, 1.807) is 18.3 Å². The second kappa shape index (κ2) is 5.14. The lowest BCUT2D eigenvalue weighted by Crippen LogP contribution is -2.22. The van der Waals surface area contributed by atoms with Crippen LogP contribution in [-0.4, -0.2) is 10.9 Å². The Hall–Kier alpha value is -1.62. The van der Waals surface area contributed by atoms with Gasteiger partial charge in [-0.25, -0.2) is 4.98 Å². The van der Waals surface area contributed by atoms with E-state index in [1.807, 2.05) is 19.1 Å². The van der Waals surface area contributed by atoms with E-state index in [0.717, 1.165) is 10.2 Å². The summed E-state index contributed by atoms with van der Waals surface area (Å²) in [5.74, 6) is 1.10. The number of aromatic nitrogens is 1. The fraction of sp³-hybridized carbons (Fsp3) is 0.167. The van der Waals surface area contributed by atoms with E-state index in [1.165, 1.54) is 0 Å². The van der Waals surface area contributed by atoms with Gasteiger partial charge in [0.1, 0.15) is 5.76 Å². The molecule has 1 amide bonds. The van der Waals surface area contributed by atoms with Crippen molar-refractivity contribution in [3.63, 3.8) is 0 Å². The number of oxazole rings is 1. The van der Waals surface area contributed by atoms with Crippen LogP contribution in [-0.2, 0) is 6.54 Å². The molecule has 0 saturated carbocycles. The minimum absolute atomic E-state index is 0.145. The molecule has 0 unspecified atom stereocenters. The molecule has 1 aromatic heterocycles. The molecule has 0 atom stereocenters. The van der Waals surface area contributed by atoms with Gasteiger partial charge in [0, 0.05) is 10.0 Å². The molecule has 2 rings (SSSR count). The zero-order valence-corrected chi connectivity index (χ0v) is 10.8. The van der Waals surface area contributed by atoms with Crippen LogP contribution in [0.15, 0.2) is 39.4 Å². The first-order chi connectivity index (χ1) is 8.15. The standard InChI is InChI=1S/C12H11BrN2O2/c1-8-6-14-11(17-8)7-15-12(16)9-2-4-10(13)5-3-9/h2-6H,7H2,1H3,(H,15,16). The van der Waals surface area contributed by atoms with E-state index < -0.39 is 0 Å². The van der Waals surface area contributed by atoms with Crippen molar-refractivity contribution in [2.75, 3.05) is 0 Å². The van der Waals surface area contributed by atoms with E-state index in [4.69, 9.17) is 4.42 Å². The van der Waals surface area contributed by atoms with E-state index in [-0.39, 0.29) is 5.91 Å². The number of nitrogens with one attached hydrogen (secondary N) is 1. The second-order valence-electron chi connectivity index (χ2n) is 3.55. The van der Waals surface area contributed by atoms with Crippen LogP contribution in [0.2, 0.25) is 0 Å². The van der Waals surface area contributed by atoms with Crippen molar-refractivity contribution in [2.24, 2.45) is 0 Å². The first-order valence-electron chi connectivity index (χ1n) is 5.10. The maximum absolute atomic E-state index is 11.7. The number of nitrogens with zero attached hydrogens (tertiary/aromatic N) is 1. The smallest absolute Gasteiger partial charge is 0.251 e. The number of benzene rings is 1. The molecule has 1 N–H and O–H groups in total. The summed E-state index contributed by atoms with van der Waals surface area (Å²) in [5, 5.41) is 2.74. The summed E-state index contributed by atoms with van der Waals surface area (Å²) >= 11 is 3.32. The molecule has 0 radical (unpaired) electrons. The average molecular weight is 295 g/mol. The van der Waals surface area contributed by atoms with Crippen LogP contribution < -0.4 is 5.32 Å². The molecule has 0 saturated heterocycles.